The Bertz CT molecular complexity index is 714. The highest BCUT2D eigenvalue weighted by Crippen LogP contribution is 2.27. The molecule has 6 nitrogen and oxygen atoms in total. The lowest BCUT2D eigenvalue weighted by Crippen LogP contribution is -2.50. The van der Waals surface area contributed by atoms with Gasteiger partial charge in [-0.2, -0.15) is 0 Å². The molecule has 1 amide bonds. The molecule has 1 aromatic heterocycles. The van der Waals surface area contributed by atoms with E-state index in [1.54, 1.807) is 0 Å². The van der Waals surface area contributed by atoms with Crippen LogP contribution >= 0.6 is 27.7 Å². The lowest BCUT2D eigenvalue weighted by atomic mass is 10.2. The highest BCUT2D eigenvalue weighted by molar-refractivity contribution is 9.10. The van der Waals surface area contributed by atoms with Crippen LogP contribution in [0.25, 0.3) is 11.5 Å². The summed E-state index contributed by atoms with van der Waals surface area (Å²) in [5.41, 5.74) is 0.859. The van der Waals surface area contributed by atoms with Crippen molar-refractivity contribution in [1.29, 1.82) is 0 Å². The first-order valence-corrected chi connectivity index (χ1v) is 10.0. The van der Waals surface area contributed by atoms with Crippen LogP contribution in [0.15, 0.2) is 38.4 Å². The Morgan fingerprint density at radius 1 is 1.24 bits per heavy atom. The molecule has 1 atom stereocenters. The number of thioether (sulfide) groups is 1. The second kappa shape index (κ2) is 8.33. The molecule has 0 spiro atoms. The Labute approximate surface area is 160 Å². The highest BCUT2D eigenvalue weighted by Gasteiger charge is 2.26. The molecule has 1 saturated heterocycles. The summed E-state index contributed by atoms with van der Waals surface area (Å²) in [5.74, 6) is 0.593. The van der Waals surface area contributed by atoms with Crippen LogP contribution in [0, 0.1) is 0 Å². The Kier molecular flexibility index (Phi) is 6.14. The molecule has 134 valence electrons. The fourth-order valence-electron chi connectivity index (χ4n) is 2.71. The molecule has 0 radical (unpaired) electrons. The van der Waals surface area contributed by atoms with E-state index in [0.29, 0.717) is 11.1 Å². The Morgan fingerprint density at radius 2 is 1.92 bits per heavy atom. The van der Waals surface area contributed by atoms with Crippen molar-refractivity contribution in [2.24, 2.45) is 0 Å². The van der Waals surface area contributed by atoms with Gasteiger partial charge in [-0.15, -0.1) is 10.2 Å². The molecule has 1 aliphatic heterocycles. The van der Waals surface area contributed by atoms with Crippen LogP contribution < -0.4 is 0 Å². The van der Waals surface area contributed by atoms with Crippen molar-refractivity contribution in [3.63, 3.8) is 0 Å². The van der Waals surface area contributed by atoms with E-state index in [9.17, 15) is 4.79 Å². The van der Waals surface area contributed by atoms with Crippen LogP contribution in [0.1, 0.15) is 13.8 Å². The highest BCUT2D eigenvalue weighted by atomic mass is 79.9. The predicted octanol–water partition coefficient (Wildman–Crippen LogP) is 3.14. The maximum Gasteiger partial charge on any atom is 0.277 e. The zero-order valence-corrected chi connectivity index (χ0v) is 16.7. The largest absolute Gasteiger partial charge is 0.411 e. The minimum atomic E-state index is -0.244. The lowest BCUT2D eigenvalue weighted by molar-refractivity contribution is -0.132. The van der Waals surface area contributed by atoms with Gasteiger partial charge in [-0.3, -0.25) is 4.79 Å². The van der Waals surface area contributed by atoms with Crippen LogP contribution in [-0.4, -0.2) is 63.9 Å². The number of hydrogen-bond acceptors (Lipinski definition) is 6. The molecule has 0 aliphatic carbocycles. The van der Waals surface area contributed by atoms with Gasteiger partial charge in [0.25, 0.3) is 5.22 Å². The number of carbonyl (C=O) groups is 1. The summed E-state index contributed by atoms with van der Waals surface area (Å²) in [7, 11) is 0. The zero-order valence-electron chi connectivity index (χ0n) is 14.3. The first-order chi connectivity index (χ1) is 12.1. The summed E-state index contributed by atoms with van der Waals surface area (Å²) >= 11 is 4.72. The molecule has 1 unspecified atom stereocenters. The Morgan fingerprint density at radius 3 is 2.56 bits per heavy atom. The van der Waals surface area contributed by atoms with E-state index < -0.39 is 0 Å². The maximum atomic E-state index is 12.6. The number of likely N-dealkylation sites (N-methyl/N-ethyl adjacent to an activating group) is 1. The van der Waals surface area contributed by atoms with Crippen molar-refractivity contribution in [2.45, 2.75) is 24.3 Å². The van der Waals surface area contributed by atoms with Crippen molar-refractivity contribution < 1.29 is 9.21 Å². The van der Waals surface area contributed by atoms with Gasteiger partial charge in [0.05, 0.1) is 5.25 Å². The maximum absolute atomic E-state index is 12.6. The van der Waals surface area contributed by atoms with Crippen molar-refractivity contribution >= 4 is 33.6 Å². The molecular weight excluding hydrogens is 404 g/mol. The molecule has 25 heavy (non-hydrogen) atoms. The molecular formula is C17H21BrN4O2S. The van der Waals surface area contributed by atoms with Gasteiger partial charge in [0.1, 0.15) is 0 Å². The van der Waals surface area contributed by atoms with Crippen LogP contribution in [0.4, 0.5) is 0 Å². The molecule has 8 heteroatoms. The second-order valence-corrected chi connectivity index (χ2v) is 8.11. The van der Waals surface area contributed by atoms with E-state index in [2.05, 4.69) is 38.0 Å². The van der Waals surface area contributed by atoms with Crippen LogP contribution in [0.3, 0.4) is 0 Å². The molecule has 0 N–H and O–H groups in total. The van der Waals surface area contributed by atoms with E-state index in [1.807, 2.05) is 36.1 Å². The molecule has 1 aromatic carbocycles. The number of nitrogens with zero attached hydrogens (tertiary/aromatic N) is 4. The summed E-state index contributed by atoms with van der Waals surface area (Å²) in [6, 6.07) is 7.67. The van der Waals surface area contributed by atoms with Crippen molar-refractivity contribution in [3.8, 4) is 11.5 Å². The van der Waals surface area contributed by atoms with Gasteiger partial charge < -0.3 is 14.2 Å². The van der Waals surface area contributed by atoms with Gasteiger partial charge in [0.15, 0.2) is 0 Å². The van der Waals surface area contributed by atoms with Gasteiger partial charge in [0, 0.05) is 36.2 Å². The molecule has 1 fully saturated rings. The number of halogens is 1. The van der Waals surface area contributed by atoms with Gasteiger partial charge >= 0.3 is 0 Å². The third kappa shape index (κ3) is 4.62. The monoisotopic (exact) mass is 424 g/mol. The third-order valence-corrected chi connectivity index (χ3v) is 5.70. The average Bonchev–Trinajstić information content (AvgIpc) is 3.10. The third-order valence-electron chi connectivity index (χ3n) is 4.25. The minimum Gasteiger partial charge on any atom is -0.411 e. The second-order valence-electron chi connectivity index (χ2n) is 5.90. The topological polar surface area (TPSA) is 62.5 Å². The summed E-state index contributed by atoms with van der Waals surface area (Å²) in [5, 5.41) is 8.32. The van der Waals surface area contributed by atoms with Crippen LogP contribution in [0.2, 0.25) is 0 Å². The first kappa shape index (κ1) is 18.4. The molecule has 0 saturated carbocycles. The van der Waals surface area contributed by atoms with Gasteiger partial charge in [-0.05, 0) is 37.7 Å². The van der Waals surface area contributed by atoms with Gasteiger partial charge in [-0.1, -0.05) is 34.6 Å². The number of amides is 1. The summed E-state index contributed by atoms with van der Waals surface area (Å²) in [6.45, 7) is 8.52. The first-order valence-electron chi connectivity index (χ1n) is 8.34. The molecule has 2 heterocycles. The number of aromatic nitrogens is 2. The lowest BCUT2D eigenvalue weighted by Gasteiger charge is -2.35. The molecule has 2 aromatic rings. The number of benzene rings is 1. The van der Waals surface area contributed by atoms with Gasteiger partial charge in [-0.25, -0.2) is 0 Å². The van der Waals surface area contributed by atoms with Crippen molar-refractivity contribution in [1.82, 2.24) is 20.0 Å². The normalized spacial score (nSPS) is 16.8. The van der Waals surface area contributed by atoms with Gasteiger partial charge in [0.2, 0.25) is 11.8 Å². The fraction of sp³-hybridized carbons (Fsp3) is 0.471. The molecule has 3 rings (SSSR count). The summed E-state index contributed by atoms with van der Waals surface area (Å²) < 4.78 is 6.69. The van der Waals surface area contributed by atoms with Crippen LogP contribution in [0.5, 0.6) is 0 Å². The molecule has 0 bridgehead atoms. The van der Waals surface area contributed by atoms with Crippen molar-refractivity contribution in [3.05, 3.63) is 28.7 Å². The van der Waals surface area contributed by atoms with Crippen LogP contribution in [-0.2, 0) is 4.79 Å². The average molecular weight is 425 g/mol. The van der Waals surface area contributed by atoms with E-state index in [4.69, 9.17) is 4.42 Å². The van der Waals surface area contributed by atoms with E-state index >= 15 is 0 Å². The van der Waals surface area contributed by atoms with E-state index in [0.717, 1.165) is 42.8 Å². The quantitative estimate of drug-likeness (QED) is 0.686. The summed E-state index contributed by atoms with van der Waals surface area (Å²) in [6.07, 6.45) is 0. The predicted molar refractivity (Wildman–Crippen MR) is 101 cm³/mol. The zero-order chi connectivity index (χ0) is 17.8. The number of carbonyl (C=O) groups excluding carboxylic acids is 1. The SMILES string of the molecule is CCN1CCN(C(=O)C(C)Sc2nnc(-c3ccc(Br)cc3)o2)CC1. The smallest absolute Gasteiger partial charge is 0.277 e. The van der Waals surface area contributed by atoms with Crippen molar-refractivity contribution in [2.75, 3.05) is 32.7 Å². The number of piperazine rings is 1. The van der Waals surface area contributed by atoms with E-state index in [1.165, 1.54) is 11.8 Å². The minimum absolute atomic E-state index is 0.129. The fourth-order valence-corrected chi connectivity index (χ4v) is 3.74. The molecule has 1 aliphatic rings. The Balaban J connectivity index is 1.59. The number of rotatable bonds is 5. The Hall–Kier alpha value is -1.38. The summed E-state index contributed by atoms with van der Waals surface area (Å²) in [4.78, 5) is 16.9. The number of hydrogen-bond donors (Lipinski definition) is 0. The van der Waals surface area contributed by atoms with E-state index in [-0.39, 0.29) is 11.2 Å². The standard InChI is InChI=1S/C17H21BrN4O2S/c1-3-21-8-10-22(11-9-21)16(23)12(2)25-17-20-19-15(24-17)13-4-6-14(18)7-5-13/h4-7,12H,3,8-11H2,1-2H3.